The minimum absolute atomic E-state index is 0.214. The topological polar surface area (TPSA) is 103 Å². The number of ether oxygens (including phenoxy) is 1. The number of aromatic nitrogens is 5. The molecule has 8 nitrogen and oxygen atoms in total. The number of nitrogens with zero attached hydrogens (tertiary/aromatic N) is 5. The SMILES string of the molecule is CC(C)CC(C(=O)O)[C@H](Cc1ccc(Br)nc1)c1nnn(COCC[Si](C)(C)C)n1. The lowest BCUT2D eigenvalue weighted by Gasteiger charge is -2.23. The zero-order valence-electron chi connectivity index (χ0n) is 18.4. The van der Waals surface area contributed by atoms with Gasteiger partial charge >= 0.3 is 5.97 Å². The Bertz CT molecular complexity index is 808. The fourth-order valence-electron chi connectivity index (χ4n) is 3.12. The van der Waals surface area contributed by atoms with Crippen molar-refractivity contribution in [2.24, 2.45) is 11.8 Å². The molecule has 0 saturated carbocycles. The largest absolute Gasteiger partial charge is 0.481 e. The average molecular weight is 498 g/mol. The Balaban J connectivity index is 2.18. The van der Waals surface area contributed by atoms with Crippen LogP contribution in [0.1, 0.15) is 37.6 Å². The summed E-state index contributed by atoms with van der Waals surface area (Å²) in [7, 11) is -1.16. The second kappa shape index (κ2) is 11.1. The summed E-state index contributed by atoms with van der Waals surface area (Å²) in [5.41, 5.74) is 0.931. The van der Waals surface area contributed by atoms with Gasteiger partial charge in [0, 0.05) is 26.8 Å². The maximum atomic E-state index is 12.1. The van der Waals surface area contributed by atoms with Crippen LogP contribution >= 0.6 is 15.9 Å². The zero-order valence-corrected chi connectivity index (χ0v) is 21.0. The van der Waals surface area contributed by atoms with Crippen molar-refractivity contribution >= 4 is 30.0 Å². The minimum atomic E-state index is -1.16. The molecule has 1 unspecified atom stereocenters. The maximum Gasteiger partial charge on any atom is 0.307 e. The highest BCUT2D eigenvalue weighted by atomic mass is 79.9. The van der Waals surface area contributed by atoms with Crippen LogP contribution < -0.4 is 0 Å². The molecule has 2 atom stereocenters. The first-order valence-corrected chi connectivity index (χ1v) is 14.7. The van der Waals surface area contributed by atoms with Crippen molar-refractivity contribution in [3.05, 3.63) is 34.3 Å². The van der Waals surface area contributed by atoms with E-state index < -0.39 is 25.9 Å². The van der Waals surface area contributed by atoms with E-state index in [0.29, 0.717) is 25.3 Å². The van der Waals surface area contributed by atoms with E-state index >= 15 is 0 Å². The molecule has 10 heteroatoms. The van der Waals surface area contributed by atoms with Gasteiger partial charge in [0.1, 0.15) is 4.60 Å². The molecule has 166 valence electrons. The number of halogens is 1. The first-order valence-electron chi connectivity index (χ1n) is 10.2. The third-order valence-electron chi connectivity index (χ3n) is 4.78. The summed E-state index contributed by atoms with van der Waals surface area (Å²) in [6.45, 7) is 11.8. The minimum Gasteiger partial charge on any atom is -0.481 e. The normalized spacial score (nSPS) is 14.1. The second-order valence-electron chi connectivity index (χ2n) is 9.24. The Morgan fingerprint density at radius 1 is 1.30 bits per heavy atom. The predicted octanol–water partition coefficient (Wildman–Crippen LogP) is 4.22. The van der Waals surface area contributed by atoms with Gasteiger partial charge in [0.05, 0.1) is 5.92 Å². The first-order chi connectivity index (χ1) is 14.0. The highest BCUT2D eigenvalue weighted by Gasteiger charge is 2.33. The standard InChI is InChI=1S/C20H32BrN5O3Si/c1-14(2)10-17(20(27)28)16(11-15-6-7-18(21)22-12-15)19-23-25-26(24-19)13-29-8-9-30(3,4)5/h6-7,12,14,16-17H,8-11,13H2,1-5H3,(H,27,28)/t16-,17?/m0/s1. The Hall–Kier alpha value is -1.65. The molecular weight excluding hydrogens is 466 g/mol. The van der Waals surface area contributed by atoms with Gasteiger partial charge in [-0.05, 0) is 57.6 Å². The van der Waals surface area contributed by atoms with Crippen molar-refractivity contribution in [1.29, 1.82) is 0 Å². The fraction of sp³-hybridized carbons (Fsp3) is 0.650. The van der Waals surface area contributed by atoms with Crippen LogP contribution in [0.15, 0.2) is 22.9 Å². The molecule has 30 heavy (non-hydrogen) atoms. The quantitative estimate of drug-likeness (QED) is 0.266. The molecule has 1 N–H and O–H groups in total. The van der Waals surface area contributed by atoms with E-state index in [9.17, 15) is 9.90 Å². The molecule has 0 bridgehead atoms. The van der Waals surface area contributed by atoms with E-state index in [2.05, 4.69) is 56.0 Å². The zero-order chi connectivity index (χ0) is 22.3. The summed E-state index contributed by atoms with van der Waals surface area (Å²) in [5.74, 6) is -1.19. The third kappa shape index (κ3) is 8.23. The first kappa shape index (κ1) is 24.6. The van der Waals surface area contributed by atoms with E-state index in [1.54, 1.807) is 6.20 Å². The molecule has 0 aliphatic heterocycles. The number of carbonyl (C=O) groups is 1. The van der Waals surface area contributed by atoms with Crippen LogP contribution in [-0.4, -0.2) is 50.9 Å². The summed E-state index contributed by atoms with van der Waals surface area (Å²) < 4.78 is 6.43. The van der Waals surface area contributed by atoms with Crippen LogP contribution in [0.3, 0.4) is 0 Å². The van der Waals surface area contributed by atoms with Gasteiger partial charge in [0.15, 0.2) is 12.6 Å². The number of carboxylic acids is 1. The van der Waals surface area contributed by atoms with Crippen molar-refractivity contribution in [2.45, 2.75) is 65.0 Å². The summed E-state index contributed by atoms with van der Waals surface area (Å²) >= 11 is 3.33. The van der Waals surface area contributed by atoms with Gasteiger partial charge in [-0.2, -0.15) is 0 Å². The molecule has 0 amide bonds. The number of rotatable bonds is 12. The Labute approximate surface area is 187 Å². The average Bonchev–Trinajstić information content (AvgIpc) is 3.11. The number of pyridine rings is 1. The molecule has 0 aliphatic carbocycles. The van der Waals surface area contributed by atoms with Crippen molar-refractivity contribution in [3.63, 3.8) is 0 Å². The van der Waals surface area contributed by atoms with Gasteiger partial charge in [-0.25, -0.2) is 4.98 Å². The molecule has 0 aromatic carbocycles. The van der Waals surface area contributed by atoms with Gasteiger partial charge in [-0.1, -0.05) is 39.6 Å². The smallest absolute Gasteiger partial charge is 0.307 e. The van der Waals surface area contributed by atoms with E-state index in [4.69, 9.17) is 4.74 Å². The fourth-order valence-corrected chi connectivity index (χ4v) is 4.11. The Morgan fingerprint density at radius 2 is 2.03 bits per heavy atom. The summed E-state index contributed by atoms with van der Waals surface area (Å²) in [5, 5.41) is 22.6. The van der Waals surface area contributed by atoms with Crippen LogP contribution in [0.25, 0.3) is 0 Å². The van der Waals surface area contributed by atoms with Crippen LogP contribution in [-0.2, 0) is 22.7 Å². The van der Waals surface area contributed by atoms with Crippen molar-refractivity contribution in [2.75, 3.05) is 6.61 Å². The lowest BCUT2D eigenvalue weighted by Crippen LogP contribution is -2.26. The van der Waals surface area contributed by atoms with Gasteiger partial charge in [0.2, 0.25) is 0 Å². The van der Waals surface area contributed by atoms with Crippen molar-refractivity contribution in [1.82, 2.24) is 25.2 Å². The highest BCUT2D eigenvalue weighted by molar-refractivity contribution is 9.10. The van der Waals surface area contributed by atoms with E-state index in [1.165, 1.54) is 4.80 Å². The molecule has 0 radical (unpaired) electrons. The molecule has 0 saturated heterocycles. The lowest BCUT2D eigenvalue weighted by molar-refractivity contribution is -0.143. The molecule has 2 aromatic heterocycles. The maximum absolute atomic E-state index is 12.1. The van der Waals surface area contributed by atoms with Crippen molar-refractivity contribution < 1.29 is 14.6 Å². The molecule has 0 spiro atoms. The molecule has 2 rings (SSSR count). The number of hydrogen-bond acceptors (Lipinski definition) is 6. The Morgan fingerprint density at radius 3 is 2.60 bits per heavy atom. The van der Waals surface area contributed by atoms with Crippen molar-refractivity contribution in [3.8, 4) is 0 Å². The number of aliphatic carboxylic acids is 1. The van der Waals surface area contributed by atoms with E-state index in [1.807, 2.05) is 26.0 Å². The van der Waals surface area contributed by atoms with E-state index in [0.717, 1.165) is 16.2 Å². The monoisotopic (exact) mass is 497 g/mol. The third-order valence-corrected chi connectivity index (χ3v) is 6.95. The van der Waals surface area contributed by atoms with Crippen LogP contribution in [0.5, 0.6) is 0 Å². The van der Waals surface area contributed by atoms with Crippen LogP contribution in [0.4, 0.5) is 0 Å². The highest BCUT2D eigenvalue weighted by Crippen LogP contribution is 2.31. The molecule has 2 heterocycles. The lowest BCUT2D eigenvalue weighted by atomic mass is 9.81. The number of hydrogen-bond donors (Lipinski definition) is 1. The summed E-state index contributed by atoms with van der Waals surface area (Å²) in [4.78, 5) is 17.7. The molecule has 0 fully saturated rings. The van der Waals surface area contributed by atoms with Crippen LogP contribution in [0, 0.1) is 11.8 Å². The molecule has 2 aromatic rings. The van der Waals surface area contributed by atoms with E-state index in [-0.39, 0.29) is 12.6 Å². The molecular formula is C20H32BrN5O3Si. The predicted molar refractivity (Wildman–Crippen MR) is 121 cm³/mol. The Kier molecular flexibility index (Phi) is 9.11. The summed E-state index contributed by atoms with van der Waals surface area (Å²) in [6, 6.07) is 4.84. The van der Waals surface area contributed by atoms with Gasteiger partial charge in [-0.15, -0.1) is 15.0 Å². The molecule has 0 aliphatic rings. The number of tetrazole rings is 1. The van der Waals surface area contributed by atoms with Crippen LogP contribution in [0.2, 0.25) is 25.7 Å². The summed E-state index contributed by atoms with van der Waals surface area (Å²) in [6.07, 6.45) is 2.76. The van der Waals surface area contributed by atoms with Gasteiger partial charge < -0.3 is 9.84 Å². The number of carboxylic acid groups (broad SMARTS) is 1. The van der Waals surface area contributed by atoms with Gasteiger partial charge in [-0.3, -0.25) is 4.79 Å². The van der Waals surface area contributed by atoms with Gasteiger partial charge in [0.25, 0.3) is 0 Å². The second-order valence-corrected chi connectivity index (χ2v) is 15.7.